The lowest BCUT2D eigenvalue weighted by Gasteiger charge is -2.24. The normalized spacial score (nSPS) is 14.2. The molecule has 0 aliphatic carbocycles. The molecule has 0 bridgehead atoms. The zero-order valence-electron chi connectivity index (χ0n) is 16.6. The maximum atomic E-state index is 12.6. The molecule has 0 aliphatic rings. The molecule has 0 fully saturated rings. The molecule has 0 aromatic rings. The summed E-state index contributed by atoms with van der Waals surface area (Å²) in [6, 6.07) is -6.22. The van der Waals surface area contributed by atoms with E-state index in [4.69, 9.17) is 26.8 Å². The van der Waals surface area contributed by atoms with Gasteiger partial charge in [0.15, 0.2) is 0 Å². The maximum absolute atomic E-state index is 12.6. The molecule has 0 saturated heterocycles. The molecule has 0 aliphatic heterocycles. The molecule has 10 N–H and O–H groups in total. The van der Waals surface area contributed by atoms with Gasteiger partial charge >= 0.3 is 17.9 Å². The average Bonchev–Trinajstić information content (AvgIpc) is 2.66. The highest BCUT2D eigenvalue weighted by molar-refractivity contribution is 7.80. The summed E-state index contributed by atoms with van der Waals surface area (Å²) in [4.78, 5) is 80.8. The molecule has 16 heteroatoms. The number of carbonyl (C=O) groups excluding carboxylic acids is 4. The van der Waals surface area contributed by atoms with Crippen molar-refractivity contribution in [1.29, 1.82) is 0 Å². The number of thiol groups is 1. The summed E-state index contributed by atoms with van der Waals surface area (Å²) in [5, 5.41) is 32.7. The van der Waals surface area contributed by atoms with E-state index in [1.807, 2.05) is 5.32 Å². The van der Waals surface area contributed by atoms with Crippen LogP contribution in [0.2, 0.25) is 0 Å². The minimum atomic E-state index is -1.65. The smallest absolute Gasteiger partial charge is 0.327 e. The fourth-order valence-corrected chi connectivity index (χ4v) is 2.48. The Balaban J connectivity index is 5.51. The third-order valence-corrected chi connectivity index (χ3v) is 4.21. The predicted molar refractivity (Wildman–Crippen MR) is 108 cm³/mol. The van der Waals surface area contributed by atoms with Crippen LogP contribution in [0.3, 0.4) is 0 Å². The van der Waals surface area contributed by atoms with E-state index in [0.717, 1.165) is 0 Å². The molecule has 15 nitrogen and oxygen atoms in total. The van der Waals surface area contributed by atoms with Crippen LogP contribution in [0, 0.1) is 0 Å². The largest absolute Gasteiger partial charge is 0.481 e. The van der Waals surface area contributed by atoms with E-state index in [1.165, 1.54) is 0 Å². The third kappa shape index (κ3) is 11.1. The summed E-state index contributed by atoms with van der Waals surface area (Å²) in [5.74, 6) is -8.77. The van der Waals surface area contributed by atoms with Crippen molar-refractivity contribution in [1.82, 2.24) is 16.0 Å². The van der Waals surface area contributed by atoms with Gasteiger partial charge in [-0.1, -0.05) is 0 Å². The fourth-order valence-electron chi connectivity index (χ4n) is 2.24. The number of amides is 4. The van der Waals surface area contributed by atoms with E-state index in [-0.39, 0.29) is 5.75 Å². The molecule has 4 amide bonds. The van der Waals surface area contributed by atoms with Gasteiger partial charge in [-0.3, -0.25) is 28.8 Å². The Kier molecular flexibility index (Phi) is 12.3. The number of rotatable bonds is 15. The number of primary amides is 1. The summed E-state index contributed by atoms with van der Waals surface area (Å²) in [6.45, 7) is 0. The number of aliphatic carboxylic acids is 3. The summed E-state index contributed by atoms with van der Waals surface area (Å²) in [7, 11) is 0. The molecule has 0 radical (unpaired) electrons. The Labute approximate surface area is 186 Å². The van der Waals surface area contributed by atoms with E-state index in [0.29, 0.717) is 0 Å². The zero-order valence-corrected chi connectivity index (χ0v) is 17.5. The molecule has 180 valence electrons. The van der Waals surface area contributed by atoms with Gasteiger partial charge in [0, 0.05) is 12.2 Å². The van der Waals surface area contributed by atoms with Crippen LogP contribution < -0.4 is 27.4 Å². The first-order valence-corrected chi connectivity index (χ1v) is 9.63. The lowest BCUT2D eigenvalue weighted by molar-refractivity contribution is -0.141. The molecular weight excluding hydrogens is 454 g/mol. The van der Waals surface area contributed by atoms with Crippen molar-refractivity contribution in [3.8, 4) is 0 Å². The first-order chi connectivity index (χ1) is 14.8. The molecule has 0 heterocycles. The highest BCUT2D eigenvalue weighted by atomic mass is 32.1. The van der Waals surface area contributed by atoms with Gasteiger partial charge in [-0.15, -0.1) is 0 Å². The van der Waals surface area contributed by atoms with Gasteiger partial charge in [-0.2, -0.15) is 12.6 Å². The van der Waals surface area contributed by atoms with Gasteiger partial charge < -0.3 is 42.7 Å². The molecule has 4 unspecified atom stereocenters. The zero-order chi connectivity index (χ0) is 25.0. The van der Waals surface area contributed by atoms with Crippen LogP contribution in [0.15, 0.2) is 0 Å². The van der Waals surface area contributed by atoms with E-state index >= 15 is 0 Å². The number of carbonyl (C=O) groups is 7. The quantitative estimate of drug-likeness (QED) is 0.102. The highest BCUT2D eigenvalue weighted by Gasteiger charge is 2.31. The van der Waals surface area contributed by atoms with E-state index in [2.05, 4.69) is 23.3 Å². The predicted octanol–water partition coefficient (Wildman–Crippen LogP) is -4.00. The SMILES string of the molecule is NC(=O)CC(NC(=O)C(CCC(=O)O)NC(=O)C(N)CC(=O)O)C(=O)NC(CS)C(=O)O. The lowest BCUT2D eigenvalue weighted by atomic mass is 10.1. The fraction of sp³-hybridized carbons (Fsp3) is 0.562. The average molecular weight is 479 g/mol. The second-order valence-electron chi connectivity index (χ2n) is 6.51. The van der Waals surface area contributed by atoms with Crippen LogP contribution in [0.4, 0.5) is 0 Å². The Morgan fingerprint density at radius 1 is 0.750 bits per heavy atom. The second-order valence-corrected chi connectivity index (χ2v) is 6.88. The number of hydrogen-bond acceptors (Lipinski definition) is 9. The Bertz CT molecular complexity index is 761. The summed E-state index contributed by atoms with van der Waals surface area (Å²) in [5.41, 5.74) is 10.5. The maximum Gasteiger partial charge on any atom is 0.327 e. The standard InChI is InChI=1S/C16H25N5O10S/c17-6(3-12(25)26)13(27)19-7(1-2-11(23)24)14(28)20-8(4-10(18)22)15(29)21-9(5-32)16(30)31/h6-9,32H,1-5,17H2,(H2,18,22)(H,19,27)(H,20,28)(H,21,29)(H,23,24)(H,25,26)(H,30,31). The summed E-state index contributed by atoms with van der Waals surface area (Å²) >= 11 is 3.77. The molecular formula is C16H25N5O10S. The second kappa shape index (κ2) is 13.8. The Morgan fingerprint density at radius 2 is 1.25 bits per heavy atom. The Morgan fingerprint density at radius 3 is 1.69 bits per heavy atom. The van der Waals surface area contributed by atoms with Gasteiger partial charge in [-0.05, 0) is 6.42 Å². The topological polar surface area (TPSA) is 268 Å². The van der Waals surface area contributed by atoms with Crippen molar-refractivity contribution in [2.75, 3.05) is 5.75 Å². The number of hydrogen-bond donors (Lipinski definition) is 9. The van der Waals surface area contributed by atoms with Crippen molar-refractivity contribution < 1.29 is 48.9 Å². The number of carboxylic acid groups (broad SMARTS) is 3. The molecule has 4 atom stereocenters. The molecule has 0 spiro atoms. The van der Waals surface area contributed by atoms with Crippen LogP contribution in [0.5, 0.6) is 0 Å². The lowest BCUT2D eigenvalue weighted by Crippen LogP contribution is -2.58. The van der Waals surface area contributed by atoms with E-state index in [1.54, 1.807) is 0 Å². The van der Waals surface area contributed by atoms with Crippen LogP contribution in [-0.2, 0) is 33.6 Å². The van der Waals surface area contributed by atoms with Gasteiger partial charge in [0.05, 0.1) is 18.9 Å². The van der Waals surface area contributed by atoms with Gasteiger partial charge in [0.2, 0.25) is 23.6 Å². The first kappa shape index (κ1) is 28.6. The summed E-state index contributed by atoms with van der Waals surface area (Å²) in [6.07, 6.45) is -2.58. The summed E-state index contributed by atoms with van der Waals surface area (Å²) < 4.78 is 0. The van der Waals surface area contributed by atoms with Gasteiger partial charge in [0.25, 0.3) is 0 Å². The Hall–Kier alpha value is -3.40. The molecule has 0 rings (SSSR count). The van der Waals surface area contributed by atoms with E-state index in [9.17, 15) is 33.6 Å². The van der Waals surface area contributed by atoms with Crippen LogP contribution in [-0.4, -0.2) is 86.8 Å². The van der Waals surface area contributed by atoms with Crippen molar-refractivity contribution in [2.45, 2.75) is 49.9 Å². The monoisotopic (exact) mass is 479 g/mol. The minimum absolute atomic E-state index is 0.308. The third-order valence-electron chi connectivity index (χ3n) is 3.85. The van der Waals surface area contributed by atoms with Gasteiger partial charge in [-0.25, -0.2) is 4.79 Å². The van der Waals surface area contributed by atoms with Crippen molar-refractivity contribution in [2.24, 2.45) is 11.5 Å². The highest BCUT2D eigenvalue weighted by Crippen LogP contribution is 2.03. The number of nitrogens with two attached hydrogens (primary N) is 2. The van der Waals surface area contributed by atoms with Crippen molar-refractivity contribution >= 4 is 54.2 Å². The van der Waals surface area contributed by atoms with Crippen LogP contribution in [0.1, 0.15) is 25.7 Å². The van der Waals surface area contributed by atoms with Crippen molar-refractivity contribution in [3.63, 3.8) is 0 Å². The molecule has 32 heavy (non-hydrogen) atoms. The molecule has 0 aromatic carbocycles. The number of carboxylic acids is 3. The van der Waals surface area contributed by atoms with Crippen LogP contribution >= 0.6 is 12.6 Å². The molecule has 0 aromatic heterocycles. The van der Waals surface area contributed by atoms with E-state index < -0.39 is 91.4 Å². The first-order valence-electron chi connectivity index (χ1n) is 9.00. The van der Waals surface area contributed by atoms with Gasteiger partial charge in [0.1, 0.15) is 18.1 Å². The van der Waals surface area contributed by atoms with Crippen molar-refractivity contribution in [3.05, 3.63) is 0 Å². The molecule has 0 saturated carbocycles. The number of nitrogens with one attached hydrogen (secondary N) is 3. The van der Waals surface area contributed by atoms with Crippen LogP contribution in [0.25, 0.3) is 0 Å². The minimum Gasteiger partial charge on any atom is -0.481 e.